The molecule has 1 aromatic rings. The molecule has 4 unspecified atom stereocenters. The highest BCUT2D eigenvalue weighted by atomic mass is 19.1. The average Bonchev–Trinajstić information content (AvgIpc) is 3.37. The smallest absolute Gasteiger partial charge is 0.426 e. The van der Waals surface area contributed by atoms with Gasteiger partial charge in [-0.15, -0.1) is 0 Å². The first-order valence-electron chi connectivity index (χ1n) is 14.6. The monoisotopic (exact) mass is 638 g/mol. The predicted molar refractivity (Wildman–Crippen MR) is 145 cm³/mol. The maximum absolute atomic E-state index is 17.5. The van der Waals surface area contributed by atoms with Crippen molar-refractivity contribution in [2.45, 2.75) is 89.4 Å². The van der Waals surface area contributed by atoms with E-state index in [1.165, 1.54) is 19.1 Å². The number of carbonyl (C=O) groups is 3. The second-order valence-corrected chi connectivity index (χ2v) is 13.4. The number of nitrogens with one attached hydrogen (secondary N) is 1. The van der Waals surface area contributed by atoms with Crippen molar-refractivity contribution in [1.29, 1.82) is 0 Å². The normalized spacial score (nSPS) is 39.5. The number of allylic oxidation sites excluding steroid dienone is 4. The Balaban J connectivity index is 1.28. The fourth-order valence-corrected chi connectivity index (χ4v) is 8.75. The number of aliphatic hydroxyl groups is 1. The summed E-state index contributed by atoms with van der Waals surface area (Å²) in [5.41, 5.74) is -9.45. The van der Waals surface area contributed by atoms with E-state index in [1.54, 1.807) is 25.8 Å². The fraction of sp³-hybridized carbons (Fsp3) is 0.633. The Kier molecular flexibility index (Phi) is 6.96. The highest BCUT2D eigenvalue weighted by Crippen LogP contribution is 2.72. The molecule has 8 atom stereocenters. The summed E-state index contributed by atoms with van der Waals surface area (Å²) in [5, 5.41) is 11.6. The van der Waals surface area contributed by atoms with Crippen molar-refractivity contribution in [1.82, 2.24) is 9.55 Å². The van der Waals surface area contributed by atoms with Crippen LogP contribution in [0.2, 0.25) is 0 Å². The fourth-order valence-electron chi connectivity index (χ4n) is 8.75. The van der Waals surface area contributed by atoms with Gasteiger partial charge in [0, 0.05) is 29.6 Å². The number of halogens is 3. The molecule has 0 amide bonds. The number of alkyl halides is 1. The molecule has 0 radical (unpaired) electrons. The molecule has 45 heavy (non-hydrogen) atoms. The number of aromatic amines is 1. The molecule has 244 valence electrons. The van der Waals surface area contributed by atoms with Gasteiger partial charge in [-0.2, -0.15) is 4.39 Å². The molecule has 0 bridgehead atoms. The number of H-pyrrole nitrogens is 1. The molecular weight excluding hydrogens is 605 g/mol. The van der Waals surface area contributed by atoms with Crippen molar-refractivity contribution < 1.29 is 51.6 Å². The summed E-state index contributed by atoms with van der Waals surface area (Å²) in [6.45, 7) is 4.53. The molecule has 2 saturated carbocycles. The van der Waals surface area contributed by atoms with Crippen LogP contribution in [-0.4, -0.2) is 68.3 Å². The number of carbonyl (C=O) groups excluding carboxylic acids is 3. The summed E-state index contributed by atoms with van der Waals surface area (Å²) in [5.74, 6) is -6.22. The molecule has 1 aliphatic heterocycles. The largest absolute Gasteiger partial charge is 0.510 e. The molecule has 1 saturated heterocycles. The maximum atomic E-state index is 17.5. The molecule has 4 aliphatic carbocycles. The quantitative estimate of drug-likeness (QED) is 0.458. The number of fused-ring (bicyclic) bond motifs is 7. The van der Waals surface area contributed by atoms with E-state index in [-0.39, 0.29) is 30.6 Å². The first kappa shape index (κ1) is 31.4. The van der Waals surface area contributed by atoms with Gasteiger partial charge < -0.3 is 24.1 Å². The van der Waals surface area contributed by atoms with Gasteiger partial charge in [-0.25, -0.2) is 18.4 Å². The predicted octanol–water partition coefficient (Wildman–Crippen LogP) is 2.52. The van der Waals surface area contributed by atoms with Gasteiger partial charge in [-0.05, 0) is 51.2 Å². The van der Waals surface area contributed by atoms with E-state index < -0.39 is 107 Å². The van der Waals surface area contributed by atoms with Crippen LogP contribution in [0.4, 0.5) is 18.0 Å². The van der Waals surface area contributed by atoms with Gasteiger partial charge in [0.25, 0.3) is 5.56 Å². The molecule has 12 nitrogen and oxygen atoms in total. The van der Waals surface area contributed by atoms with E-state index in [2.05, 4.69) is 0 Å². The van der Waals surface area contributed by atoms with Crippen molar-refractivity contribution in [2.75, 3.05) is 6.61 Å². The zero-order chi connectivity index (χ0) is 32.9. The second-order valence-electron chi connectivity index (χ2n) is 13.4. The lowest BCUT2D eigenvalue weighted by atomic mass is 9.45. The van der Waals surface area contributed by atoms with Gasteiger partial charge in [0.1, 0.15) is 5.83 Å². The molecule has 2 N–H and O–H groups in total. The summed E-state index contributed by atoms with van der Waals surface area (Å²) in [6.07, 6.45) is -1.92. The number of rotatable bonds is 5. The molecule has 0 aromatic carbocycles. The zero-order valence-electron chi connectivity index (χ0n) is 25.0. The van der Waals surface area contributed by atoms with Crippen LogP contribution in [0.1, 0.15) is 53.4 Å². The minimum absolute atomic E-state index is 0.00722. The Hall–Kier alpha value is -3.56. The van der Waals surface area contributed by atoms with E-state index in [1.807, 2.05) is 0 Å². The van der Waals surface area contributed by atoms with Crippen LogP contribution in [0.3, 0.4) is 0 Å². The molecule has 2 heterocycles. The SMILES string of the molecule is CC1(C)O[C@@H]2CC3C4CC(F)=C5CC(=O)C=CC5(C)[C@@]4(F)[C@@H](O)CC3(C)[C@]2(C(=O)COC(=O)OCn2cc(F)c(=O)[nH]c2=O)O1. The van der Waals surface area contributed by atoms with Crippen molar-refractivity contribution in [3.05, 3.63) is 56.4 Å². The molecule has 1 aromatic heterocycles. The van der Waals surface area contributed by atoms with E-state index in [0.717, 1.165) is 0 Å². The van der Waals surface area contributed by atoms with Crippen molar-refractivity contribution in [3.63, 3.8) is 0 Å². The molecule has 0 spiro atoms. The first-order chi connectivity index (χ1) is 20.9. The Labute approximate surface area is 254 Å². The van der Waals surface area contributed by atoms with Crippen LogP contribution in [0.25, 0.3) is 0 Å². The number of Topliss-reactive ketones (excluding diaryl/α,β-unsaturated/α-hetero) is 1. The number of ether oxygens (including phenoxy) is 4. The Morgan fingerprint density at radius 3 is 2.56 bits per heavy atom. The van der Waals surface area contributed by atoms with Crippen molar-refractivity contribution >= 4 is 17.7 Å². The van der Waals surface area contributed by atoms with Gasteiger partial charge >= 0.3 is 11.8 Å². The molecule has 6 rings (SSSR count). The van der Waals surface area contributed by atoms with Gasteiger partial charge in [0.15, 0.2) is 36.2 Å². The third-order valence-corrected chi connectivity index (χ3v) is 10.7. The van der Waals surface area contributed by atoms with E-state index in [4.69, 9.17) is 18.9 Å². The first-order valence-corrected chi connectivity index (χ1v) is 14.6. The van der Waals surface area contributed by atoms with Crippen molar-refractivity contribution in [2.24, 2.45) is 22.7 Å². The highest BCUT2D eigenvalue weighted by molar-refractivity contribution is 5.94. The number of ketones is 2. The van der Waals surface area contributed by atoms with Crippen LogP contribution < -0.4 is 11.2 Å². The van der Waals surface area contributed by atoms with E-state index in [0.29, 0.717) is 10.8 Å². The van der Waals surface area contributed by atoms with Crippen LogP contribution in [0, 0.1) is 28.5 Å². The summed E-state index contributed by atoms with van der Waals surface area (Å²) in [7, 11) is 0. The number of hydrogen-bond donors (Lipinski definition) is 2. The van der Waals surface area contributed by atoms with Crippen LogP contribution in [0.15, 0.2) is 39.3 Å². The highest BCUT2D eigenvalue weighted by Gasteiger charge is 2.80. The third kappa shape index (κ3) is 4.26. The number of aromatic nitrogens is 2. The average molecular weight is 639 g/mol. The minimum Gasteiger partial charge on any atom is -0.426 e. The lowest BCUT2D eigenvalue weighted by Crippen LogP contribution is -2.70. The second kappa shape index (κ2) is 9.97. The van der Waals surface area contributed by atoms with Gasteiger partial charge in [0.05, 0.1) is 18.4 Å². The lowest BCUT2D eigenvalue weighted by molar-refractivity contribution is -0.244. The Bertz CT molecular complexity index is 1680. The van der Waals surface area contributed by atoms with Gasteiger partial charge in [-0.1, -0.05) is 13.0 Å². The van der Waals surface area contributed by atoms with Crippen LogP contribution >= 0.6 is 0 Å². The molecule has 15 heteroatoms. The van der Waals surface area contributed by atoms with Crippen LogP contribution in [0.5, 0.6) is 0 Å². The Morgan fingerprint density at radius 2 is 1.84 bits per heavy atom. The summed E-state index contributed by atoms with van der Waals surface area (Å²) >= 11 is 0. The summed E-state index contributed by atoms with van der Waals surface area (Å²) in [6, 6.07) is 0. The topological polar surface area (TPSA) is 163 Å². The number of aliphatic hydroxyl groups excluding tert-OH is 1. The van der Waals surface area contributed by atoms with E-state index in [9.17, 15) is 33.5 Å². The maximum Gasteiger partial charge on any atom is 0.510 e. The third-order valence-electron chi connectivity index (χ3n) is 10.7. The zero-order valence-corrected chi connectivity index (χ0v) is 25.0. The molecule has 5 aliphatic rings. The summed E-state index contributed by atoms with van der Waals surface area (Å²) < 4.78 is 69.6. The van der Waals surface area contributed by atoms with Gasteiger partial charge in [-0.3, -0.25) is 23.9 Å². The number of nitrogens with zero attached hydrogens (tertiary/aromatic N) is 1. The van der Waals surface area contributed by atoms with E-state index >= 15 is 8.78 Å². The van der Waals surface area contributed by atoms with Crippen molar-refractivity contribution in [3.8, 4) is 0 Å². The minimum atomic E-state index is -2.38. The number of hydrogen-bond acceptors (Lipinski definition) is 10. The Morgan fingerprint density at radius 1 is 1.13 bits per heavy atom. The molecular formula is C30H33F3N2O10. The van der Waals surface area contributed by atoms with Gasteiger partial charge in [0.2, 0.25) is 11.6 Å². The lowest BCUT2D eigenvalue weighted by Gasteiger charge is -2.62. The summed E-state index contributed by atoms with van der Waals surface area (Å²) in [4.78, 5) is 63.3. The van der Waals surface area contributed by atoms with Crippen LogP contribution in [-0.2, 0) is 35.3 Å². The standard InChI is InChI=1S/C30H33F3N2O10/c1-26(2)44-22-9-15-16-8-18(31)17-7-14(36)5-6-27(17,3)29(16,33)20(37)10-28(15,4)30(22,45-26)21(38)12-42-25(41)43-13-35-11-19(32)23(39)34-24(35)40/h5-6,11,15-16,20,22,37H,7-10,12-13H2,1-4H3,(H,34,39,40)/t15?,16?,20-,22+,27?,28?,29-,30+/m0/s1. The molecule has 3 fully saturated rings.